The topological polar surface area (TPSA) is 78.9 Å². The molecule has 0 saturated heterocycles. The second-order valence-corrected chi connectivity index (χ2v) is 19.4. The summed E-state index contributed by atoms with van der Waals surface area (Å²) in [6.45, 7) is 11.4. The van der Waals surface area contributed by atoms with Gasteiger partial charge in [0, 0.05) is 19.3 Å². The molecule has 0 aromatic rings. The summed E-state index contributed by atoms with van der Waals surface area (Å²) < 4.78 is 16.8. The summed E-state index contributed by atoms with van der Waals surface area (Å²) in [5.74, 6) is 0.927. The first-order chi connectivity index (χ1) is 29.8. The molecule has 0 heterocycles. The minimum Gasteiger partial charge on any atom is -0.462 e. The third-order valence-corrected chi connectivity index (χ3v) is 13.2. The molecule has 362 valence electrons. The van der Waals surface area contributed by atoms with E-state index in [0.29, 0.717) is 19.3 Å². The van der Waals surface area contributed by atoms with Crippen LogP contribution in [0.1, 0.15) is 304 Å². The Morgan fingerprint density at radius 3 is 0.852 bits per heavy atom. The van der Waals surface area contributed by atoms with Crippen LogP contribution in [0.15, 0.2) is 0 Å². The van der Waals surface area contributed by atoms with Gasteiger partial charge >= 0.3 is 17.9 Å². The molecule has 0 rings (SSSR count). The lowest BCUT2D eigenvalue weighted by Gasteiger charge is -2.18. The summed E-state index contributed by atoms with van der Waals surface area (Å²) in [7, 11) is 0. The molecule has 0 aromatic carbocycles. The largest absolute Gasteiger partial charge is 0.462 e. The Morgan fingerprint density at radius 2 is 0.574 bits per heavy atom. The SMILES string of the molecule is CCCCCCCCCC(=O)O[C@H](COC(=O)CCCCCCCCCCCCCCCCCCCCC(C)CC)COC(=O)CCCCCCCCCCCCC(C)CC. The van der Waals surface area contributed by atoms with E-state index < -0.39 is 6.10 Å². The molecule has 0 radical (unpaired) electrons. The fourth-order valence-corrected chi connectivity index (χ4v) is 8.28. The molecule has 6 heteroatoms. The zero-order valence-electron chi connectivity index (χ0n) is 41.8. The summed E-state index contributed by atoms with van der Waals surface area (Å²) in [5, 5.41) is 0. The van der Waals surface area contributed by atoms with E-state index in [1.165, 1.54) is 193 Å². The molecule has 0 aliphatic rings. The van der Waals surface area contributed by atoms with Crippen molar-refractivity contribution in [2.45, 2.75) is 310 Å². The fourth-order valence-electron chi connectivity index (χ4n) is 8.28. The predicted molar refractivity (Wildman–Crippen MR) is 261 cm³/mol. The number of carbonyl (C=O) groups excluding carboxylic acids is 3. The van der Waals surface area contributed by atoms with Crippen molar-refractivity contribution in [2.24, 2.45) is 11.8 Å². The highest BCUT2D eigenvalue weighted by molar-refractivity contribution is 5.71. The van der Waals surface area contributed by atoms with Gasteiger partial charge in [0.15, 0.2) is 6.10 Å². The minimum absolute atomic E-state index is 0.0640. The molecular weight excluding hydrogens is 757 g/mol. The summed E-state index contributed by atoms with van der Waals surface area (Å²) in [6, 6.07) is 0. The molecule has 2 unspecified atom stereocenters. The van der Waals surface area contributed by atoms with Crippen LogP contribution in [0.25, 0.3) is 0 Å². The molecule has 0 amide bonds. The average molecular weight is 863 g/mol. The highest BCUT2D eigenvalue weighted by atomic mass is 16.6. The predicted octanol–water partition coefficient (Wildman–Crippen LogP) is 17.7. The third kappa shape index (κ3) is 46.2. The van der Waals surface area contributed by atoms with E-state index in [0.717, 1.165) is 69.6 Å². The fraction of sp³-hybridized carbons (Fsp3) is 0.945. The van der Waals surface area contributed by atoms with Crippen LogP contribution in [0, 0.1) is 11.8 Å². The third-order valence-electron chi connectivity index (χ3n) is 13.2. The summed E-state index contributed by atoms with van der Waals surface area (Å²) in [5.41, 5.74) is 0. The van der Waals surface area contributed by atoms with Crippen LogP contribution in [-0.4, -0.2) is 37.2 Å². The maximum atomic E-state index is 12.7. The summed E-state index contributed by atoms with van der Waals surface area (Å²) >= 11 is 0. The van der Waals surface area contributed by atoms with E-state index in [1.54, 1.807) is 0 Å². The molecule has 61 heavy (non-hydrogen) atoms. The van der Waals surface area contributed by atoms with Crippen molar-refractivity contribution in [3.05, 3.63) is 0 Å². The Kier molecular flexibility index (Phi) is 46.6. The Labute approximate surface area is 380 Å². The number of unbranched alkanes of at least 4 members (excludes halogenated alkanes) is 32. The maximum absolute atomic E-state index is 12.7. The second-order valence-electron chi connectivity index (χ2n) is 19.4. The molecular formula is C55H106O6. The lowest BCUT2D eigenvalue weighted by atomic mass is 9.99. The van der Waals surface area contributed by atoms with Gasteiger partial charge in [-0.25, -0.2) is 0 Å². The number of hydrogen-bond donors (Lipinski definition) is 0. The Bertz CT molecular complexity index is 935. The van der Waals surface area contributed by atoms with E-state index in [1.807, 2.05) is 0 Å². The van der Waals surface area contributed by atoms with Crippen molar-refractivity contribution in [1.82, 2.24) is 0 Å². The van der Waals surface area contributed by atoms with Crippen molar-refractivity contribution in [1.29, 1.82) is 0 Å². The van der Waals surface area contributed by atoms with Crippen molar-refractivity contribution in [2.75, 3.05) is 13.2 Å². The average Bonchev–Trinajstić information content (AvgIpc) is 3.26. The highest BCUT2D eigenvalue weighted by Crippen LogP contribution is 2.19. The van der Waals surface area contributed by atoms with E-state index in [-0.39, 0.29) is 31.1 Å². The highest BCUT2D eigenvalue weighted by Gasteiger charge is 2.19. The monoisotopic (exact) mass is 863 g/mol. The number of ether oxygens (including phenoxy) is 3. The van der Waals surface area contributed by atoms with Crippen LogP contribution in [0.3, 0.4) is 0 Å². The molecule has 6 nitrogen and oxygen atoms in total. The quantitative estimate of drug-likeness (QED) is 0.0344. The Morgan fingerprint density at radius 1 is 0.328 bits per heavy atom. The van der Waals surface area contributed by atoms with Crippen molar-refractivity contribution in [3.8, 4) is 0 Å². The molecule has 3 atom stereocenters. The minimum atomic E-state index is -0.760. The van der Waals surface area contributed by atoms with Gasteiger partial charge in [-0.2, -0.15) is 0 Å². The van der Waals surface area contributed by atoms with Crippen LogP contribution in [0.4, 0.5) is 0 Å². The van der Waals surface area contributed by atoms with Gasteiger partial charge in [-0.05, 0) is 31.1 Å². The van der Waals surface area contributed by atoms with E-state index in [9.17, 15) is 14.4 Å². The Hall–Kier alpha value is -1.59. The van der Waals surface area contributed by atoms with Crippen LogP contribution in [0.5, 0.6) is 0 Å². The van der Waals surface area contributed by atoms with Crippen molar-refractivity contribution >= 4 is 17.9 Å². The molecule has 0 fully saturated rings. The summed E-state index contributed by atoms with van der Waals surface area (Å²) in [6.07, 6.45) is 49.6. The van der Waals surface area contributed by atoms with Gasteiger partial charge in [-0.1, -0.05) is 266 Å². The molecule has 0 N–H and O–H groups in total. The molecule has 0 aliphatic carbocycles. The maximum Gasteiger partial charge on any atom is 0.306 e. The zero-order valence-corrected chi connectivity index (χ0v) is 41.8. The van der Waals surface area contributed by atoms with Gasteiger partial charge in [-0.3, -0.25) is 14.4 Å². The smallest absolute Gasteiger partial charge is 0.306 e. The zero-order chi connectivity index (χ0) is 44.7. The first-order valence-electron chi connectivity index (χ1n) is 27.3. The van der Waals surface area contributed by atoms with Gasteiger partial charge in [-0.15, -0.1) is 0 Å². The second kappa shape index (κ2) is 47.9. The van der Waals surface area contributed by atoms with Crippen LogP contribution < -0.4 is 0 Å². The van der Waals surface area contributed by atoms with Gasteiger partial charge in [0.25, 0.3) is 0 Å². The van der Waals surface area contributed by atoms with Crippen molar-refractivity contribution < 1.29 is 28.6 Å². The van der Waals surface area contributed by atoms with Gasteiger partial charge < -0.3 is 14.2 Å². The van der Waals surface area contributed by atoms with Crippen LogP contribution >= 0.6 is 0 Å². The molecule has 0 saturated carbocycles. The molecule has 0 spiro atoms. The van der Waals surface area contributed by atoms with Gasteiger partial charge in [0.05, 0.1) is 0 Å². The molecule has 0 aliphatic heterocycles. The standard InChI is InChI=1S/C55H106O6/c1-6-9-10-11-28-37-42-47-55(58)61-52(49-60-54(57)46-41-36-32-27-23-22-25-30-34-39-44-51(5)8-3)48-59-53(56)45-40-35-31-26-21-19-17-15-13-12-14-16-18-20-24-29-33-38-43-50(4)7-2/h50-52H,6-49H2,1-5H3/t50?,51?,52-/m1/s1. The van der Waals surface area contributed by atoms with Crippen LogP contribution in [-0.2, 0) is 28.6 Å². The number of hydrogen-bond acceptors (Lipinski definition) is 6. The van der Waals surface area contributed by atoms with Gasteiger partial charge in [0.2, 0.25) is 0 Å². The molecule has 0 aromatic heterocycles. The lowest BCUT2D eigenvalue weighted by molar-refractivity contribution is -0.167. The Balaban J connectivity index is 4.10. The number of esters is 3. The van der Waals surface area contributed by atoms with E-state index in [4.69, 9.17) is 14.2 Å². The number of carbonyl (C=O) groups is 3. The van der Waals surface area contributed by atoms with Gasteiger partial charge in [0.1, 0.15) is 13.2 Å². The normalized spacial score (nSPS) is 12.9. The summed E-state index contributed by atoms with van der Waals surface area (Å²) in [4.78, 5) is 37.8. The van der Waals surface area contributed by atoms with E-state index in [2.05, 4.69) is 34.6 Å². The molecule has 0 bridgehead atoms. The first kappa shape index (κ1) is 59.4. The number of rotatable bonds is 49. The lowest BCUT2D eigenvalue weighted by Crippen LogP contribution is -2.30. The van der Waals surface area contributed by atoms with E-state index >= 15 is 0 Å². The van der Waals surface area contributed by atoms with Crippen molar-refractivity contribution in [3.63, 3.8) is 0 Å². The van der Waals surface area contributed by atoms with Crippen LogP contribution in [0.2, 0.25) is 0 Å². The first-order valence-corrected chi connectivity index (χ1v) is 27.3.